The quantitative estimate of drug-likeness (QED) is 0.758. The molecule has 0 bridgehead atoms. The molecule has 0 fully saturated rings. The van der Waals surface area contributed by atoms with Crippen molar-refractivity contribution in [3.05, 3.63) is 23.6 Å². The Morgan fingerprint density at radius 2 is 2.20 bits per heavy atom. The Morgan fingerprint density at radius 1 is 1.53 bits per heavy atom. The highest BCUT2D eigenvalue weighted by atomic mass is 35.5. The Balaban J connectivity index is 2.98. The molecule has 2 heterocycles. The second-order valence-corrected chi connectivity index (χ2v) is 5.04. The zero-order chi connectivity index (χ0) is 11.2. The lowest BCUT2D eigenvalue weighted by Gasteiger charge is -1.97. The van der Waals surface area contributed by atoms with Crippen LogP contribution in [0.3, 0.4) is 0 Å². The van der Waals surface area contributed by atoms with E-state index in [2.05, 4.69) is 4.98 Å². The number of aromatic nitrogens is 2. The van der Waals surface area contributed by atoms with Crippen molar-refractivity contribution in [3.8, 4) is 0 Å². The first-order chi connectivity index (χ1) is 6.91. The van der Waals surface area contributed by atoms with Crippen molar-refractivity contribution in [2.45, 2.75) is 4.90 Å². The van der Waals surface area contributed by atoms with Crippen LogP contribution in [0.15, 0.2) is 23.4 Å². The molecule has 2 aromatic heterocycles. The van der Waals surface area contributed by atoms with E-state index in [4.69, 9.17) is 16.7 Å². The summed E-state index contributed by atoms with van der Waals surface area (Å²) in [4.78, 5) is 3.93. The van der Waals surface area contributed by atoms with Gasteiger partial charge in [0.2, 0.25) is 10.0 Å². The second kappa shape index (κ2) is 3.19. The van der Waals surface area contributed by atoms with Crippen LogP contribution in [0.25, 0.3) is 10.9 Å². The van der Waals surface area contributed by atoms with E-state index < -0.39 is 10.0 Å². The van der Waals surface area contributed by atoms with Crippen LogP contribution in [0.5, 0.6) is 0 Å². The fourth-order valence-electron chi connectivity index (χ4n) is 1.50. The first-order valence-electron chi connectivity index (χ1n) is 4.03. The number of nitrogens with zero attached hydrogens (tertiary/aromatic N) is 2. The van der Waals surface area contributed by atoms with E-state index >= 15 is 0 Å². The first-order valence-corrected chi connectivity index (χ1v) is 5.96. The minimum absolute atomic E-state index is 0.0595. The van der Waals surface area contributed by atoms with Crippen molar-refractivity contribution in [2.24, 2.45) is 12.2 Å². The van der Waals surface area contributed by atoms with Crippen LogP contribution in [0, 0.1) is 0 Å². The number of fused-ring (bicyclic) bond motifs is 1. The Hall–Kier alpha value is -1.11. The number of hydrogen-bond donors (Lipinski definition) is 1. The molecular weight excluding hydrogens is 238 g/mol. The molecule has 2 N–H and O–H groups in total. The molecule has 15 heavy (non-hydrogen) atoms. The summed E-state index contributed by atoms with van der Waals surface area (Å²) in [5, 5.41) is 5.82. The Bertz CT molecular complexity index is 633. The summed E-state index contributed by atoms with van der Waals surface area (Å²) in [7, 11) is -2.05. The molecule has 0 aliphatic rings. The molecule has 2 rings (SSSR count). The van der Waals surface area contributed by atoms with Gasteiger partial charge in [-0.05, 0) is 6.07 Å². The monoisotopic (exact) mass is 245 g/mol. The van der Waals surface area contributed by atoms with Gasteiger partial charge >= 0.3 is 0 Å². The third-order valence-electron chi connectivity index (χ3n) is 2.12. The van der Waals surface area contributed by atoms with Crippen LogP contribution in [0.1, 0.15) is 0 Å². The van der Waals surface area contributed by atoms with Gasteiger partial charge in [-0.3, -0.25) is 0 Å². The Morgan fingerprint density at radius 3 is 2.80 bits per heavy atom. The van der Waals surface area contributed by atoms with Gasteiger partial charge in [0, 0.05) is 24.8 Å². The molecule has 80 valence electrons. The van der Waals surface area contributed by atoms with E-state index in [9.17, 15) is 8.42 Å². The van der Waals surface area contributed by atoms with Gasteiger partial charge in [0.05, 0.1) is 5.52 Å². The highest BCUT2D eigenvalue weighted by Crippen LogP contribution is 2.27. The summed E-state index contributed by atoms with van der Waals surface area (Å²) < 4.78 is 24.1. The number of pyridine rings is 1. The van der Waals surface area contributed by atoms with Crippen LogP contribution in [0.4, 0.5) is 0 Å². The zero-order valence-corrected chi connectivity index (χ0v) is 9.38. The summed E-state index contributed by atoms with van der Waals surface area (Å²) in [6.45, 7) is 0. The van der Waals surface area contributed by atoms with Gasteiger partial charge in [-0.25, -0.2) is 18.5 Å². The largest absolute Gasteiger partial charge is 0.347 e. The van der Waals surface area contributed by atoms with E-state index in [1.54, 1.807) is 17.7 Å². The summed E-state index contributed by atoms with van der Waals surface area (Å²) in [6, 6.07) is 1.57. The molecule has 5 nitrogen and oxygen atoms in total. The molecule has 0 aromatic carbocycles. The maximum absolute atomic E-state index is 11.3. The molecule has 2 aromatic rings. The Kier molecular flexibility index (Phi) is 2.22. The average molecular weight is 246 g/mol. The van der Waals surface area contributed by atoms with Crippen molar-refractivity contribution in [1.29, 1.82) is 0 Å². The number of primary sulfonamides is 1. The number of rotatable bonds is 1. The smallest absolute Gasteiger partial charge is 0.240 e. The van der Waals surface area contributed by atoms with Gasteiger partial charge in [0.1, 0.15) is 4.90 Å². The molecule has 7 heteroatoms. The van der Waals surface area contributed by atoms with Gasteiger partial charge in [-0.15, -0.1) is 0 Å². The van der Waals surface area contributed by atoms with Gasteiger partial charge in [-0.2, -0.15) is 0 Å². The minimum Gasteiger partial charge on any atom is -0.347 e. The molecule has 0 unspecified atom stereocenters. The van der Waals surface area contributed by atoms with Gasteiger partial charge < -0.3 is 4.57 Å². The maximum atomic E-state index is 11.3. The van der Waals surface area contributed by atoms with Crippen molar-refractivity contribution in [2.75, 3.05) is 0 Å². The lowest BCUT2D eigenvalue weighted by atomic mass is 10.3. The van der Waals surface area contributed by atoms with Crippen LogP contribution < -0.4 is 5.14 Å². The Labute approximate surface area is 91.5 Å². The van der Waals surface area contributed by atoms with Crippen molar-refractivity contribution in [3.63, 3.8) is 0 Å². The summed E-state index contributed by atoms with van der Waals surface area (Å²) >= 11 is 5.86. The normalized spacial score (nSPS) is 12.2. The first kappa shape index (κ1) is 10.4. The van der Waals surface area contributed by atoms with Crippen LogP contribution in [0.2, 0.25) is 5.15 Å². The summed E-state index contributed by atoms with van der Waals surface area (Å²) in [5.74, 6) is 0. The fourth-order valence-corrected chi connectivity index (χ4v) is 2.57. The zero-order valence-electron chi connectivity index (χ0n) is 7.81. The van der Waals surface area contributed by atoms with Gasteiger partial charge in [-0.1, -0.05) is 11.6 Å². The lowest BCUT2D eigenvalue weighted by molar-refractivity contribution is 0.598. The number of halogens is 1. The van der Waals surface area contributed by atoms with E-state index in [-0.39, 0.29) is 10.0 Å². The molecule has 0 aliphatic carbocycles. The molecule has 0 aliphatic heterocycles. The molecule has 0 saturated heterocycles. The van der Waals surface area contributed by atoms with Crippen molar-refractivity contribution >= 4 is 32.5 Å². The number of nitrogens with two attached hydrogens (primary N) is 1. The molecule has 0 radical (unpaired) electrons. The number of hydrogen-bond acceptors (Lipinski definition) is 3. The minimum atomic E-state index is -3.73. The summed E-state index contributed by atoms with van der Waals surface area (Å²) in [6.07, 6.45) is 2.87. The van der Waals surface area contributed by atoms with Crippen molar-refractivity contribution < 1.29 is 8.42 Å². The SMILES string of the molecule is Cn1cc(S(N)(=O)=O)c2ccnc(Cl)c21. The van der Waals surface area contributed by atoms with Crippen LogP contribution in [-0.2, 0) is 17.1 Å². The lowest BCUT2D eigenvalue weighted by Crippen LogP contribution is -2.11. The van der Waals surface area contributed by atoms with E-state index in [1.807, 2.05) is 0 Å². The van der Waals surface area contributed by atoms with Gasteiger partial charge in [0.15, 0.2) is 5.15 Å². The predicted molar refractivity (Wildman–Crippen MR) is 57.1 cm³/mol. The van der Waals surface area contributed by atoms with E-state index in [0.717, 1.165) is 0 Å². The predicted octanol–water partition coefficient (Wildman–Crippen LogP) is 0.874. The summed E-state index contributed by atoms with van der Waals surface area (Å²) in [5.41, 5.74) is 0.559. The second-order valence-electron chi connectivity index (χ2n) is 3.15. The third kappa shape index (κ3) is 1.60. The highest BCUT2D eigenvalue weighted by Gasteiger charge is 2.17. The topological polar surface area (TPSA) is 78.0 Å². The molecule has 0 spiro atoms. The number of aryl methyl sites for hydroxylation is 1. The van der Waals surface area contributed by atoms with Gasteiger partial charge in [0.25, 0.3) is 0 Å². The van der Waals surface area contributed by atoms with E-state index in [1.165, 1.54) is 12.4 Å². The van der Waals surface area contributed by atoms with Crippen LogP contribution >= 0.6 is 11.6 Å². The molecular formula is C8H8ClN3O2S. The highest BCUT2D eigenvalue weighted by molar-refractivity contribution is 7.89. The standard InChI is InChI=1S/C8H8ClN3O2S/c1-12-4-6(15(10,13)14)5-2-3-11-8(9)7(5)12/h2-4H,1H3,(H2,10,13,14). The molecule has 0 amide bonds. The molecule has 0 saturated carbocycles. The van der Waals surface area contributed by atoms with E-state index in [0.29, 0.717) is 10.9 Å². The molecule has 0 atom stereocenters. The van der Waals surface area contributed by atoms with Crippen molar-refractivity contribution in [1.82, 2.24) is 9.55 Å². The number of sulfonamides is 1. The fraction of sp³-hybridized carbons (Fsp3) is 0.125. The third-order valence-corrected chi connectivity index (χ3v) is 3.33. The average Bonchev–Trinajstić information content (AvgIpc) is 2.44. The maximum Gasteiger partial charge on any atom is 0.240 e. The van der Waals surface area contributed by atoms with Crippen LogP contribution in [-0.4, -0.2) is 18.0 Å².